The molecular weight excluding hydrogens is 238 g/mol. The minimum Gasteiger partial charge on any atom is -0.476 e. The molecule has 2 unspecified atom stereocenters. The second-order valence-electron chi connectivity index (χ2n) is 3.60. The van der Waals surface area contributed by atoms with Crippen LogP contribution >= 0.6 is 0 Å². The van der Waals surface area contributed by atoms with E-state index in [2.05, 4.69) is 10.3 Å². The van der Waals surface area contributed by atoms with Gasteiger partial charge < -0.3 is 10.2 Å². The molecule has 2 N–H and O–H groups in total. The monoisotopic (exact) mass is 247 g/mol. The summed E-state index contributed by atoms with van der Waals surface area (Å²) in [5.41, 5.74) is -0.281. The minimum atomic E-state index is -3.29. The van der Waals surface area contributed by atoms with Crippen molar-refractivity contribution in [3.05, 3.63) is 11.9 Å². The van der Waals surface area contributed by atoms with E-state index >= 15 is 0 Å². The van der Waals surface area contributed by atoms with Crippen molar-refractivity contribution in [2.75, 3.05) is 11.5 Å². The predicted octanol–water partition coefficient (Wildman–Crippen LogP) is -1.69. The molecule has 0 aliphatic carbocycles. The molecule has 88 valence electrons. The Kier molecular flexibility index (Phi) is 2.43. The minimum absolute atomic E-state index is 0.253. The lowest BCUT2D eigenvalue weighted by Crippen LogP contribution is -2.22. The van der Waals surface area contributed by atoms with Crippen molar-refractivity contribution in [2.24, 2.45) is 0 Å². The van der Waals surface area contributed by atoms with Gasteiger partial charge in [-0.1, -0.05) is 5.21 Å². The number of carbonyl (C=O) groups is 1. The van der Waals surface area contributed by atoms with Crippen LogP contribution in [0.15, 0.2) is 6.20 Å². The zero-order valence-corrected chi connectivity index (χ0v) is 8.83. The van der Waals surface area contributed by atoms with E-state index in [4.69, 9.17) is 5.11 Å². The van der Waals surface area contributed by atoms with Gasteiger partial charge in [0.25, 0.3) is 0 Å². The van der Waals surface area contributed by atoms with Crippen molar-refractivity contribution in [2.45, 2.75) is 12.1 Å². The van der Waals surface area contributed by atoms with Crippen molar-refractivity contribution < 1.29 is 23.4 Å². The van der Waals surface area contributed by atoms with Gasteiger partial charge in [-0.05, 0) is 0 Å². The number of aliphatic hydroxyl groups excluding tert-OH is 1. The fourth-order valence-electron chi connectivity index (χ4n) is 1.60. The Bertz CT molecular complexity index is 522. The third-order valence-corrected chi connectivity index (χ3v) is 4.06. The van der Waals surface area contributed by atoms with Crippen LogP contribution in [0.3, 0.4) is 0 Å². The molecule has 16 heavy (non-hydrogen) atoms. The fourth-order valence-corrected chi connectivity index (χ4v) is 3.37. The van der Waals surface area contributed by atoms with Gasteiger partial charge in [0.2, 0.25) is 0 Å². The standard InChI is InChI=1S/C7H9N3O5S/c11-6-3-16(14,15)2-5(6)10-1-4(7(12)13)8-9-10/h1,5-6,11H,2-3H2,(H,12,13). The summed E-state index contributed by atoms with van der Waals surface area (Å²) in [6, 6.07) is -0.759. The van der Waals surface area contributed by atoms with Crippen LogP contribution in [0.2, 0.25) is 0 Å². The zero-order chi connectivity index (χ0) is 11.9. The SMILES string of the molecule is O=C(O)c1cn(C2CS(=O)(=O)CC2O)nn1. The summed E-state index contributed by atoms with van der Waals surface area (Å²) in [5.74, 6) is -1.84. The number of sulfone groups is 1. The second kappa shape index (κ2) is 3.52. The van der Waals surface area contributed by atoms with Gasteiger partial charge in [0.1, 0.15) is 0 Å². The van der Waals surface area contributed by atoms with E-state index in [1.807, 2.05) is 0 Å². The number of rotatable bonds is 2. The fraction of sp³-hybridized carbons (Fsp3) is 0.571. The molecule has 2 rings (SSSR count). The summed E-state index contributed by atoms with van der Waals surface area (Å²) >= 11 is 0. The number of carboxylic acid groups (broad SMARTS) is 1. The van der Waals surface area contributed by atoms with Crippen molar-refractivity contribution >= 4 is 15.8 Å². The zero-order valence-electron chi connectivity index (χ0n) is 8.02. The summed E-state index contributed by atoms with van der Waals surface area (Å²) in [6.07, 6.45) is 0.0326. The molecule has 8 nitrogen and oxygen atoms in total. The first-order chi connectivity index (χ1) is 7.39. The lowest BCUT2D eigenvalue weighted by Gasteiger charge is -2.11. The molecule has 0 saturated carbocycles. The van der Waals surface area contributed by atoms with E-state index in [1.165, 1.54) is 0 Å². The Morgan fingerprint density at radius 1 is 1.50 bits per heavy atom. The van der Waals surface area contributed by atoms with Gasteiger partial charge in [-0.2, -0.15) is 0 Å². The first-order valence-electron chi connectivity index (χ1n) is 4.43. The van der Waals surface area contributed by atoms with Crippen LogP contribution in [0.25, 0.3) is 0 Å². The summed E-state index contributed by atoms with van der Waals surface area (Å²) < 4.78 is 23.5. The smallest absolute Gasteiger partial charge is 0.358 e. The van der Waals surface area contributed by atoms with Crippen LogP contribution in [0, 0.1) is 0 Å². The Morgan fingerprint density at radius 2 is 2.19 bits per heavy atom. The van der Waals surface area contributed by atoms with Gasteiger partial charge in [-0.15, -0.1) is 5.10 Å². The van der Waals surface area contributed by atoms with Crippen molar-refractivity contribution in [1.29, 1.82) is 0 Å². The summed E-state index contributed by atoms with van der Waals surface area (Å²) in [5, 5.41) is 25.0. The number of aromatic nitrogens is 3. The molecule has 1 aliphatic heterocycles. The van der Waals surface area contributed by atoms with Crippen LogP contribution in [-0.2, 0) is 9.84 Å². The molecule has 0 aromatic carbocycles. The van der Waals surface area contributed by atoms with Crippen LogP contribution in [0.5, 0.6) is 0 Å². The number of hydrogen-bond acceptors (Lipinski definition) is 6. The quantitative estimate of drug-likeness (QED) is 0.639. The predicted molar refractivity (Wildman–Crippen MR) is 50.7 cm³/mol. The summed E-state index contributed by atoms with van der Waals surface area (Å²) in [4.78, 5) is 10.5. The highest BCUT2D eigenvalue weighted by molar-refractivity contribution is 7.91. The van der Waals surface area contributed by atoms with Crippen LogP contribution in [0.1, 0.15) is 16.5 Å². The number of aromatic carboxylic acids is 1. The average Bonchev–Trinajstić information content (AvgIpc) is 2.69. The molecule has 0 bridgehead atoms. The van der Waals surface area contributed by atoms with Crippen LogP contribution in [-0.4, -0.2) is 57.2 Å². The molecular formula is C7H9N3O5S. The van der Waals surface area contributed by atoms with E-state index in [1.54, 1.807) is 0 Å². The van der Waals surface area contributed by atoms with Gasteiger partial charge in [0.15, 0.2) is 15.5 Å². The highest BCUT2D eigenvalue weighted by Gasteiger charge is 2.38. The molecule has 0 radical (unpaired) electrons. The van der Waals surface area contributed by atoms with E-state index in [-0.39, 0.29) is 17.2 Å². The largest absolute Gasteiger partial charge is 0.476 e. The van der Waals surface area contributed by atoms with Gasteiger partial charge in [-0.25, -0.2) is 17.9 Å². The first kappa shape index (κ1) is 11.0. The first-order valence-corrected chi connectivity index (χ1v) is 6.25. The Hall–Kier alpha value is -1.48. The number of nitrogens with zero attached hydrogens (tertiary/aromatic N) is 3. The third-order valence-electron chi connectivity index (χ3n) is 2.36. The molecule has 9 heteroatoms. The van der Waals surface area contributed by atoms with Gasteiger partial charge in [-0.3, -0.25) is 0 Å². The Balaban J connectivity index is 2.28. The summed E-state index contributed by atoms with van der Waals surface area (Å²) in [6.45, 7) is 0. The molecule has 1 aliphatic rings. The molecule has 1 aromatic heterocycles. The average molecular weight is 247 g/mol. The highest BCUT2D eigenvalue weighted by atomic mass is 32.2. The van der Waals surface area contributed by atoms with Crippen LogP contribution < -0.4 is 0 Å². The number of aliphatic hydroxyl groups is 1. The summed E-state index contributed by atoms with van der Waals surface area (Å²) in [7, 11) is -3.29. The van der Waals surface area contributed by atoms with Crippen molar-refractivity contribution in [1.82, 2.24) is 15.0 Å². The molecule has 2 atom stereocenters. The number of carboxylic acids is 1. The molecule has 0 spiro atoms. The maximum absolute atomic E-state index is 11.2. The van der Waals surface area contributed by atoms with E-state index in [9.17, 15) is 18.3 Å². The van der Waals surface area contributed by atoms with Gasteiger partial charge in [0, 0.05) is 0 Å². The topological polar surface area (TPSA) is 122 Å². The van der Waals surface area contributed by atoms with Crippen molar-refractivity contribution in [3.8, 4) is 0 Å². The lowest BCUT2D eigenvalue weighted by molar-refractivity contribution is 0.0690. The van der Waals surface area contributed by atoms with Gasteiger partial charge >= 0.3 is 5.97 Å². The lowest BCUT2D eigenvalue weighted by atomic mass is 10.2. The van der Waals surface area contributed by atoms with Gasteiger partial charge in [0.05, 0.1) is 29.8 Å². The molecule has 1 fully saturated rings. The number of hydrogen-bond donors (Lipinski definition) is 2. The second-order valence-corrected chi connectivity index (χ2v) is 5.75. The highest BCUT2D eigenvalue weighted by Crippen LogP contribution is 2.23. The Morgan fingerprint density at radius 3 is 2.62 bits per heavy atom. The van der Waals surface area contributed by atoms with Crippen LogP contribution in [0.4, 0.5) is 0 Å². The maximum Gasteiger partial charge on any atom is 0.358 e. The molecule has 0 amide bonds. The maximum atomic E-state index is 11.2. The third kappa shape index (κ3) is 1.91. The van der Waals surface area contributed by atoms with E-state index in [0.29, 0.717) is 0 Å². The van der Waals surface area contributed by atoms with E-state index < -0.39 is 28.0 Å². The molecule has 1 aromatic rings. The molecule has 1 saturated heterocycles. The Labute approximate surface area is 90.4 Å². The molecule has 2 heterocycles. The van der Waals surface area contributed by atoms with Crippen molar-refractivity contribution in [3.63, 3.8) is 0 Å². The van der Waals surface area contributed by atoms with E-state index in [0.717, 1.165) is 10.9 Å². The normalized spacial score (nSPS) is 28.1.